The summed E-state index contributed by atoms with van der Waals surface area (Å²) in [6, 6.07) is 1.21. The fraction of sp³-hybridized carbons (Fsp3) is 0.455. The zero-order valence-corrected chi connectivity index (χ0v) is 11.5. The highest BCUT2D eigenvalue weighted by molar-refractivity contribution is 6.32. The van der Waals surface area contributed by atoms with Gasteiger partial charge in [0.15, 0.2) is 0 Å². The molecule has 0 spiro atoms. The molecule has 0 saturated heterocycles. The lowest BCUT2D eigenvalue weighted by Crippen LogP contribution is -2.29. The Morgan fingerprint density at radius 1 is 1.70 bits per heavy atom. The number of hydrogen-bond acceptors (Lipinski definition) is 6. The van der Waals surface area contributed by atoms with E-state index in [2.05, 4.69) is 10.3 Å². The zero-order valence-electron chi connectivity index (χ0n) is 10.7. The van der Waals surface area contributed by atoms with Crippen LogP contribution in [0.5, 0.6) is 0 Å². The summed E-state index contributed by atoms with van der Waals surface area (Å²) in [4.78, 5) is 25.5. The number of pyridine rings is 1. The van der Waals surface area contributed by atoms with Crippen LogP contribution in [0.25, 0.3) is 0 Å². The number of hydrogen-bond donors (Lipinski definition) is 2. The predicted molar refractivity (Wildman–Crippen MR) is 70.7 cm³/mol. The second-order valence-corrected chi connectivity index (χ2v) is 4.27. The van der Waals surface area contributed by atoms with Crippen LogP contribution in [-0.2, 0) is 4.74 Å². The highest BCUT2D eigenvalue weighted by Gasteiger charge is 2.24. The minimum atomic E-state index is -0.760. The number of carbonyl (C=O) groups excluding carboxylic acids is 1. The van der Waals surface area contributed by atoms with E-state index in [1.807, 2.05) is 0 Å². The van der Waals surface area contributed by atoms with Gasteiger partial charge in [0, 0.05) is 19.9 Å². The molecule has 0 aromatic carbocycles. The molecule has 1 aromatic heterocycles. The van der Waals surface area contributed by atoms with Crippen molar-refractivity contribution in [3.8, 4) is 0 Å². The van der Waals surface area contributed by atoms with Crippen molar-refractivity contribution < 1.29 is 19.6 Å². The zero-order chi connectivity index (χ0) is 15.1. The number of amides is 1. The van der Waals surface area contributed by atoms with E-state index in [1.54, 1.807) is 0 Å². The monoisotopic (exact) mass is 303 g/mol. The van der Waals surface area contributed by atoms with Crippen LogP contribution in [0.1, 0.15) is 16.8 Å². The average molecular weight is 304 g/mol. The number of aromatic nitrogens is 1. The normalized spacial score (nSPS) is 11.9. The van der Waals surface area contributed by atoms with Gasteiger partial charge in [-0.3, -0.25) is 14.9 Å². The molecule has 0 fully saturated rings. The second-order valence-electron chi connectivity index (χ2n) is 3.91. The van der Waals surface area contributed by atoms with Crippen LogP contribution >= 0.6 is 11.6 Å². The molecule has 0 aliphatic rings. The third-order valence-electron chi connectivity index (χ3n) is 2.43. The maximum absolute atomic E-state index is 11.8. The summed E-state index contributed by atoms with van der Waals surface area (Å²) in [6.07, 6.45) is 0.771. The minimum Gasteiger partial charge on any atom is -0.391 e. The van der Waals surface area contributed by atoms with Crippen molar-refractivity contribution in [3.05, 3.63) is 33.1 Å². The summed E-state index contributed by atoms with van der Waals surface area (Å²) in [5.41, 5.74) is -0.708. The van der Waals surface area contributed by atoms with Crippen LogP contribution < -0.4 is 5.32 Å². The Labute approximate surface area is 119 Å². The summed E-state index contributed by atoms with van der Waals surface area (Å²) in [7, 11) is 1.45. The van der Waals surface area contributed by atoms with Gasteiger partial charge in [0.2, 0.25) is 5.15 Å². The molecule has 0 bridgehead atoms. The molecule has 0 radical (unpaired) electrons. The molecule has 8 nitrogen and oxygen atoms in total. The van der Waals surface area contributed by atoms with E-state index in [1.165, 1.54) is 19.4 Å². The lowest BCUT2D eigenvalue weighted by molar-refractivity contribution is -0.385. The number of rotatable bonds is 7. The average Bonchev–Trinajstić information content (AvgIpc) is 2.38. The molecule has 1 atom stereocenters. The van der Waals surface area contributed by atoms with Gasteiger partial charge in [0.1, 0.15) is 5.56 Å². The topological polar surface area (TPSA) is 115 Å². The fourth-order valence-corrected chi connectivity index (χ4v) is 1.74. The van der Waals surface area contributed by atoms with Crippen molar-refractivity contribution in [1.29, 1.82) is 0 Å². The molecule has 1 heterocycles. The molecule has 110 valence electrons. The van der Waals surface area contributed by atoms with Gasteiger partial charge in [-0.2, -0.15) is 0 Å². The van der Waals surface area contributed by atoms with Gasteiger partial charge < -0.3 is 15.2 Å². The summed E-state index contributed by atoms with van der Waals surface area (Å²) in [5, 5.41) is 22.4. The van der Waals surface area contributed by atoms with E-state index in [4.69, 9.17) is 16.3 Å². The number of nitro groups is 1. The Morgan fingerprint density at radius 2 is 2.40 bits per heavy atom. The van der Waals surface area contributed by atoms with Gasteiger partial charge in [0.25, 0.3) is 5.91 Å². The van der Waals surface area contributed by atoms with Gasteiger partial charge in [0.05, 0.1) is 17.6 Å². The Hall–Kier alpha value is -1.77. The molecule has 9 heteroatoms. The third kappa shape index (κ3) is 4.41. The first-order valence-corrected chi connectivity index (χ1v) is 6.09. The van der Waals surface area contributed by atoms with E-state index in [0.29, 0.717) is 0 Å². The molecule has 20 heavy (non-hydrogen) atoms. The van der Waals surface area contributed by atoms with Crippen LogP contribution in [0, 0.1) is 10.1 Å². The maximum Gasteiger partial charge on any atom is 0.319 e. The number of ether oxygens (including phenoxy) is 1. The quantitative estimate of drug-likeness (QED) is 0.437. The van der Waals surface area contributed by atoms with Gasteiger partial charge in [-0.05, 0) is 12.5 Å². The first-order valence-electron chi connectivity index (χ1n) is 5.71. The summed E-state index contributed by atoms with van der Waals surface area (Å²) in [5.74, 6) is -0.648. The third-order valence-corrected chi connectivity index (χ3v) is 2.71. The van der Waals surface area contributed by atoms with E-state index in [-0.39, 0.29) is 30.3 Å². The summed E-state index contributed by atoms with van der Waals surface area (Å²) < 4.78 is 4.73. The number of aliphatic hydroxyl groups excluding tert-OH is 1. The number of nitrogens with zero attached hydrogens (tertiary/aromatic N) is 2. The van der Waals surface area contributed by atoms with Gasteiger partial charge in [-0.25, -0.2) is 4.98 Å². The number of carbonyl (C=O) groups is 1. The summed E-state index contributed by atoms with van der Waals surface area (Å²) >= 11 is 5.60. The molecule has 1 aromatic rings. The Bertz CT molecular complexity index is 497. The van der Waals surface area contributed by atoms with Crippen LogP contribution in [0.4, 0.5) is 5.69 Å². The van der Waals surface area contributed by atoms with E-state index < -0.39 is 22.6 Å². The van der Waals surface area contributed by atoms with Crippen molar-refractivity contribution in [1.82, 2.24) is 10.3 Å². The highest BCUT2D eigenvalue weighted by Crippen LogP contribution is 2.25. The van der Waals surface area contributed by atoms with Crippen molar-refractivity contribution in [3.63, 3.8) is 0 Å². The molecule has 2 N–H and O–H groups in total. The summed E-state index contributed by atoms with van der Waals surface area (Å²) in [6.45, 7) is 0.303. The van der Waals surface area contributed by atoms with Crippen LogP contribution in [0.3, 0.4) is 0 Å². The smallest absolute Gasteiger partial charge is 0.319 e. The molecular formula is C11H14ClN3O5. The van der Waals surface area contributed by atoms with E-state index in [9.17, 15) is 20.0 Å². The highest BCUT2D eigenvalue weighted by atomic mass is 35.5. The number of methoxy groups -OCH3 is 1. The molecule has 1 amide bonds. The fourth-order valence-electron chi connectivity index (χ4n) is 1.51. The number of halogens is 1. The Morgan fingerprint density at radius 3 is 3.00 bits per heavy atom. The molecule has 0 aliphatic carbocycles. The van der Waals surface area contributed by atoms with Crippen molar-refractivity contribution >= 4 is 23.2 Å². The Balaban J connectivity index is 2.69. The molecule has 1 rings (SSSR count). The van der Waals surface area contributed by atoms with Gasteiger partial charge >= 0.3 is 5.69 Å². The molecule has 0 aliphatic heterocycles. The number of nitrogens with one attached hydrogen (secondary N) is 1. The van der Waals surface area contributed by atoms with Crippen LogP contribution in [-0.4, -0.2) is 47.3 Å². The van der Waals surface area contributed by atoms with Gasteiger partial charge in [-0.15, -0.1) is 0 Å². The minimum absolute atomic E-state index is 0.150. The predicted octanol–water partition coefficient (Wildman–Crippen LogP) is 0.770. The van der Waals surface area contributed by atoms with Crippen LogP contribution in [0.15, 0.2) is 12.3 Å². The SMILES string of the molecule is COCC(O)CCNC(=O)c1ccnc(Cl)c1[N+](=O)[O-]. The Kier molecular flexibility index (Phi) is 6.29. The van der Waals surface area contributed by atoms with Crippen molar-refractivity contribution in [2.45, 2.75) is 12.5 Å². The van der Waals surface area contributed by atoms with Gasteiger partial charge in [-0.1, -0.05) is 11.6 Å². The molecule has 1 unspecified atom stereocenters. The first kappa shape index (κ1) is 16.3. The maximum atomic E-state index is 11.8. The second kappa shape index (κ2) is 7.73. The standard InChI is InChI=1S/C11H14ClN3O5/c1-20-6-7(16)2-4-14-11(17)8-3-5-13-10(12)9(8)15(18)19/h3,5,7,16H,2,4,6H2,1H3,(H,14,17). The first-order chi connectivity index (χ1) is 9.47. The lowest BCUT2D eigenvalue weighted by atomic mass is 10.2. The number of aliphatic hydroxyl groups is 1. The van der Waals surface area contributed by atoms with Crippen LogP contribution in [0.2, 0.25) is 5.15 Å². The van der Waals surface area contributed by atoms with Crippen molar-refractivity contribution in [2.24, 2.45) is 0 Å². The lowest BCUT2D eigenvalue weighted by Gasteiger charge is -2.10. The largest absolute Gasteiger partial charge is 0.391 e. The molecule has 0 saturated carbocycles. The van der Waals surface area contributed by atoms with E-state index >= 15 is 0 Å². The van der Waals surface area contributed by atoms with E-state index in [0.717, 1.165) is 0 Å². The van der Waals surface area contributed by atoms with Crippen molar-refractivity contribution in [2.75, 3.05) is 20.3 Å². The molecular weight excluding hydrogens is 290 g/mol.